The van der Waals surface area contributed by atoms with Crippen LogP contribution in [0.2, 0.25) is 0 Å². The number of rotatable bonds is 67. The van der Waals surface area contributed by atoms with Gasteiger partial charge in [0.05, 0.1) is 25.4 Å². The number of allylic oxidation sites excluding steroid dienone is 8. The van der Waals surface area contributed by atoms with Crippen LogP contribution in [0.3, 0.4) is 0 Å². The summed E-state index contributed by atoms with van der Waals surface area (Å²) >= 11 is 0. The monoisotopic (exact) mass is 1120 g/mol. The Kier molecular flexibility index (Phi) is 67.4. The number of hydrogen-bond acceptors (Lipinski definition) is 5. The van der Waals surface area contributed by atoms with Crippen LogP contribution in [0, 0.1) is 0 Å². The number of carbonyl (C=O) groups is 2. The van der Waals surface area contributed by atoms with Gasteiger partial charge in [-0.25, -0.2) is 0 Å². The van der Waals surface area contributed by atoms with Gasteiger partial charge < -0.3 is 20.3 Å². The first-order chi connectivity index (χ1) is 39.5. The SMILES string of the molecule is CCCCC/C=C\C/C=C\CCCCCCCC(=O)OCCCCCCCCCCC/C=C\C/C=C\CCCCCCCCCCCCCCCCCC(=O)NC(CO)C(O)CCCCCCCCCCCCCCCCCCC. The molecule has 0 aliphatic heterocycles. The van der Waals surface area contributed by atoms with Gasteiger partial charge in [0.1, 0.15) is 0 Å². The van der Waals surface area contributed by atoms with E-state index in [4.69, 9.17) is 4.74 Å². The number of nitrogens with one attached hydrogen (secondary N) is 1. The number of amides is 1. The van der Waals surface area contributed by atoms with Crippen molar-refractivity contribution in [3.05, 3.63) is 48.6 Å². The number of unbranched alkanes of at least 4 members (excludes halogenated alkanes) is 48. The maximum Gasteiger partial charge on any atom is 0.305 e. The number of aliphatic hydroxyl groups is 2. The number of aliphatic hydroxyl groups excluding tert-OH is 2. The number of esters is 1. The molecular weight excluding hydrogens is 983 g/mol. The first-order valence-corrected chi connectivity index (χ1v) is 35.9. The summed E-state index contributed by atoms with van der Waals surface area (Å²) in [5.41, 5.74) is 0. The van der Waals surface area contributed by atoms with Crippen LogP contribution < -0.4 is 5.32 Å². The number of hydrogen-bond donors (Lipinski definition) is 3. The Morgan fingerprint density at radius 3 is 0.975 bits per heavy atom. The van der Waals surface area contributed by atoms with Gasteiger partial charge >= 0.3 is 5.97 Å². The summed E-state index contributed by atoms with van der Waals surface area (Å²) in [6.07, 6.45) is 90.2. The van der Waals surface area contributed by atoms with Crippen LogP contribution in [0.25, 0.3) is 0 Å². The lowest BCUT2D eigenvalue weighted by Crippen LogP contribution is -2.45. The molecule has 2 atom stereocenters. The molecule has 0 aromatic rings. The Morgan fingerprint density at radius 2 is 0.625 bits per heavy atom. The Balaban J connectivity index is 3.40. The quantitative estimate of drug-likeness (QED) is 0.0320. The highest BCUT2D eigenvalue weighted by molar-refractivity contribution is 5.76. The largest absolute Gasteiger partial charge is 0.466 e. The summed E-state index contributed by atoms with van der Waals surface area (Å²) in [6.45, 7) is 4.94. The van der Waals surface area contributed by atoms with Gasteiger partial charge in [0.2, 0.25) is 5.91 Å². The van der Waals surface area contributed by atoms with Crippen molar-refractivity contribution >= 4 is 11.9 Å². The molecule has 3 N–H and O–H groups in total. The van der Waals surface area contributed by atoms with Crippen LogP contribution in [0.4, 0.5) is 0 Å². The number of ether oxygens (including phenoxy) is 1. The van der Waals surface area contributed by atoms with E-state index in [9.17, 15) is 19.8 Å². The van der Waals surface area contributed by atoms with Gasteiger partial charge in [0.25, 0.3) is 0 Å². The Labute approximate surface area is 499 Å². The van der Waals surface area contributed by atoms with Gasteiger partial charge in [-0.1, -0.05) is 332 Å². The van der Waals surface area contributed by atoms with Crippen LogP contribution in [-0.4, -0.2) is 47.4 Å². The molecule has 0 bridgehead atoms. The first kappa shape index (κ1) is 77.8. The summed E-state index contributed by atoms with van der Waals surface area (Å²) < 4.78 is 5.48. The molecule has 470 valence electrons. The second-order valence-corrected chi connectivity index (χ2v) is 24.6. The Hall–Kier alpha value is -2.18. The summed E-state index contributed by atoms with van der Waals surface area (Å²) in [4.78, 5) is 24.6. The molecule has 0 fully saturated rings. The molecular formula is C74H139NO5. The van der Waals surface area contributed by atoms with Crippen molar-refractivity contribution in [1.82, 2.24) is 5.32 Å². The topological polar surface area (TPSA) is 95.9 Å². The highest BCUT2D eigenvalue weighted by atomic mass is 16.5. The van der Waals surface area contributed by atoms with Crippen molar-refractivity contribution in [3.63, 3.8) is 0 Å². The fourth-order valence-corrected chi connectivity index (χ4v) is 11.1. The van der Waals surface area contributed by atoms with E-state index >= 15 is 0 Å². The normalized spacial score (nSPS) is 12.8. The van der Waals surface area contributed by atoms with Crippen LogP contribution in [0.1, 0.15) is 386 Å². The fourth-order valence-electron chi connectivity index (χ4n) is 11.1. The molecule has 6 nitrogen and oxygen atoms in total. The van der Waals surface area contributed by atoms with Gasteiger partial charge in [-0.05, 0) is 89.9 Å². The molecule has 0 aliphatic carbocycles. The molecule has 0 aliphatic rings. The molecule has 0 saturated carbocycles. The van der Waals surface area contributed by atoms with Crippen molar-refractivity contribution < 1.29 is 24.5 Å². The van der Waals surface area contributed by atoms with Gasteiger partial charge in [0, 0.05) is 12.8 Å². The average molecular weight is 1120 g/mol. The molecule has 0 saturated heterocycles. The van der Waals surface area contributed by atoms with Crippen LogP contribution in [-0.2, 0) is 14.3 Å². The third kappa shape index (κ3) is 65.0. The molecule has 0 rings (SSSR count). The summed E-state index contributed by atoms with van der Waals surface area (Å²) in [7, 11) is 0. The van der Waals surface area contributed by atoms with Gasteiger partial charge in [-0.3, -0.25) is 9.59 Å². The number of carbonyl (C=O) groups excluding carboxylic acids is 2. The Morgan fingerprint density at radius 1 is 0.350 bits per heavy atom. The smallest absolute Gasteiger partial charge is 0.305 e. The molecule has 2 unspecified atom stereocenters. The van der Waals surface area contributed by atoms with Crippen LogP contribution in [0.15, 0.2) is 48.6 Å². The maximum atomic E-state index is 12.5. The third-order valence-electron chi connectivity index (χ3n) is 16.6. The predicted molar refractivity (Wildman–Crippen MR) is 352 cm³/mol. The summed E-state index contributed by atoms with van der Waals surface area (Å²) in [5.74, 6) is -0.0323. The Bertz CT molecular complexity index is 1340. The first-order valence-electron chi connectivity index (χ1n) is 35.9. The second kappa shape index (κ2) is 69.3. The molecule has 0 spiro atoms. The van der Waals surface area contributed by atoms with E-state index in [1.165, 1.54) is 295 Å². The minimum atomic E-state index is -0.665. The highest BCUT2D eigenvalue weighted by Gasteiger charge is 2.20. The van der Waals surface area contributed by atoms with Gasteiger partial charge in [-0.15, -0.1) is 0 Å². The standard InChI is InChI=1S/C74H139NO5/c1-3-5-7-9-11-13-15-17-19-35-39-42-46-50-54-58-62-66-72(77)71(70-76)75-73(78)67-63-59-55-51-47-43-40-36-33-31-29-27-25-23-21-20-22-24-26-28-30-32-34-37-41-45-49-53-57-61-65-69-80-74(79)68-64-60-56-52-48-44-38-18-16-14-12-10-8-6-4-2/h12,14,18,22,24,28,30,38,71-72,76-77H,3-11,13,15-17,19-21,23,25-27,29,31-37,39-70H2,1-2H3,(H,75,78)/b14-12-,24-22-,30-28-,38-18-. The van der Waals surface area contributed by atoms with Crippen molar-refractivity contribution in [2.75, 3.05) is 13.2 Å². The zero-order chi connectivity index (χ0) is 57.8. The molecule has 6 heteroatoms. The van der Waals surface area contributed by atoms with Gasteiger partial charge in [0.15, 0.2) is 0 Å². The lowest BCUT2D eigenvalue weighted by molar-refractivity contribution is -0.143. The molecule has 80 heavy (non-hydrogen) atoms. The maximum absolute atomic E-state index is 12.5. The van der Waals surface area contributed by atoms with E-state index in [0.29, 0.717) is 25.9 Å². The fraction of sp³-hybridized carbons (Fsp3) is 0.865. The molecule has 0 radical (unpaired) electrons. The zero-order valence-electron chi connectivity index (χ0n) is 53.8. The summed E-state index contributed by atoms with van der Waals surface area (Å²) in [6, 6.07) is -0.542. The average Bonchev–Trinajstić information content (AvgIpc) is 3.46. The predicted octanol–water partition coefficient (Wildman–Crippen LogP) is 23.3. The van der Waals surface area contributed by atoms with E-state index in [1.807, 2.05) is 0 Å². The van der Waals surface area contributed by atoms with Crippen molar-refractivity contribution in [2.45, 2.75) is 398 Å². The van der Waals surface area contributed by atoms with Crippen molar-refractivity contribution in [2.24, 2.45) is 0 Å². The second-order valence-electron chi connectivity index (χ2n) is 24.6. The third-order valence-corrected chi connectivity index (χ3v) is 16.6. The highest BCUT2D eigenvalue weighted by Crippen LogP contribution is 2.18. The van der Waals surface area contributed by atoms with E-state index in [1.54, 1.807) is 0 Å². The van der Waals surface area contributed by atoms with Crippen molar-refractivity contribution in [1.29, 1.82) is 0 Å². The molecule has 0 heterocycles. The van der Waals surface area contributed by atoms with Crippen molar-refractivity contribution in [3.8, 4) is 0 Å². The van der Waals surface area contributed by atoms with E-state index in [2.05, 4.69) is 67.8 Å². The van der Waals surface area contributed by atoms with Crippen LogP contribution in [0.5, 0.6) is 0 Å². The zero-order valence-corrected chi connectivity index (χ0v) is 53.8. The lowest BCUT2D eigenvalue weighted by Gasteiger charge is -2.22. The molecule has 1 amide bonds. The summed E-state index contributed by atoms with van der Waals surface area (Å²) in [5, 5.41) is 23.4. The molecule has 0 aromatic carbocycles. The van der Waals surface area contributed by atoms with E-state index in [0.717, 1.165) is 57.8 Å². The van der Waals surface area contributed by atoms with E-state index in [-0.39, 0.29) is 18.5 Å². The molecule has 0 aromatic heterocycles. The lowest BCUT2D eigenvalue weighted by atomic mass is 10.0. The van der Waals surface area contributed by atoms with E-state index < -0.39 is 12.1 Å². The van der Waals surface area contributed by atoms with Gasteiger partial charge in [-0.2, -0.15) is 0 Å². The minimum Gasteiger partial charge on any atom is -0.466 e. The van der Waals surface area contributed by atoms with Crippen LogP contribution >= 0.6 is 0 Å². The minimum absolute atomic E-state index is 0.000723.